The molecule has 0 amide bonds. The maximum atomic E-state index is 13.1. The van der Waals surface area contributed by atoms with Crippen LogP contribution in [0.1, 0.15) is 41.7 Å². The van der Waals surface area contributed by atoms with Crippen LogP contribution < -0.4 is 5.56 Å². The minimum atomic E-state index is -4.79. The number of alkyl halides is 3. The van der Waals surface area contributed by atoms with Gasteiger partial charge in [-0.3, -0.25) is 4.79 Å². The molecule has 1 N–H and O–H groups in total. The van der Waals surface area contributed by atoms with Gasteiger partial charge in [0.15, 0.2) is 0 Å². The van der Waals surface area contributed by atoms with E-state index in [1.165, 1.54) is 12.1 Å². The van der Waals surface area contributed by atoms with Crippen molar-refractivity contribution in [3.8, 4) is 0 Å². The van der Waals surface area contributed by atoms with Crippen LogP contribution in [0, 0.1) is 5.82 Å². The van der Waals surface area contributed by atoms with Crippen LogP contribution in [-0.2, 0) is 12.7 Å². The predicted molar refractivity (Wildman–Crippen MR) is 76.8 cm³/mol. The van der Waals surface area contributed by atoms with Gasteiger partial charge in [-0.25, -0.2) is 9.07 Å². The van der Waals surface area contributed by atoms with Crippen LogP contribution >= 0.6 is 0 Å². The predicted octanol–water partition coefficient (Wildman–Crippen LogP) is 3.01. The zero-order chi connectivity index (χ0) is 17.5. The molecule has 0 aliphatic heterocycles. The molecule has 1 fully saturated rings. The quantitative estimate of drug-likeness (QED) is 0.869. The number of aliphatic hydroxyl groups is 1. The molecule has 24 heavy (non-hydrogen) atoms. The third-order valence-electron chi connectivity index (χ3n) is 3.89. The summed E-state index contributed by atoms with van der Waals surface area (Å²) in [6, 6.07) is 5.65. The van der Waals surface area contributed by atoms with Crippen molar-refractivity contribution < 1.29 is 22.7 Å². The highest BCUT2D eigenvalue weighted by atomic mass is 19.4. The second-order valence-electron chi connectivity index (χ2n) is 5.81. The van der Waals surface area contributed by atoms with Crippen molar-refractivity contribution >= 4 is 0 Å². The summed E-state index contributed by atoms with van der Waals surface area (Å²) in [5.41, 5.74) is -2.09. The molecule has 128 valence electrons. The first kappa shape index (κ1) is 16.6. The van der Waals surface area contributed by atoms with Crippen molar-refractivity contribution in [3.63, 3.8) is 0 Å². The summed E-state index contributed by atoms with van der Waals surface area (Å²) in [4.78, 5) is 12.0. The smallest absolute Gasteiger partial charge is 0.386 e. The van der Waals surface area contributed by atoms with Gasteiger partial charge >= 0.3 is 6.18 Å². The van der Waals surface area contributed by atoms with E-state index in [9.17, 15) is 27.5 Å². The number of benzene rings is 1. The average molecular weight is 342 g/mol. The highest BCUT2D eigenvalue weighted by Crippen LogP contribution is 2.40. The van der Waals surface area contributed by atoms with Crippen LogP contribution in [0.15, 0.2) is 35.1 Å². The van der Waals surface area contributed by atoms with Crippen LogP contribution in [0.25, 0.3) is 0 Å². The fourth-order valence-corrected chi connectivity index (χ4v) is 2.42. The zero-order valence-corrected chi connectivity index (χ0v) is 12.4. The van der Waals surface area contributed by atoms with Crippen LogP contribution in [0.5, 0.6) is 0 Å². The van der Waals surface area contributed by atoms with Crippen molar-refractivity contribution in [1.82, 2.24) is 9.78 Å². The zero-order valence-electron chi connectivity index (χ0n) is 12.4. The Balaban J connectivity index is 1.96. The molecule has 0 bridgehead atoms. The van der Waals surface area contributed by atoms with Crippen molar-refractivity contribution in [2.24, 2.45) is 0 Å². The molecule has 0 saturated heterocycles. The minimum absolute atomic E-state index is 0.0825. The van der Waals surface area contributed by atoms with E-state index in [4.69, 9.17) is 0 Å². The number of hydrogen-bond acceptors (Lipinski definition) is 3. The van der Waals surface area contributed by atoms with Gasteiger partial charge < -0.3 is 5.11 Å². The summed E-state index contributed by atoms with van der Waals surface area (Å²) in [5.74, 6) is -0.586. The molecule has 1 saturated carbocycles. The van der Waals surface area contributed by atoms with Gasteiger partial charge in [-0.15, -0.1) is 0 Å². The van der Waals surface area contributed by atoms with E-state index < -0.39 is 35.8 Å². The molecule has 1 atom stereocenters. The molecule has 4 nitrogen and oxygen atoms in total. The summed E-state index contributed by atoms with van der Waals surface area (Å²) >= 11 is 0. The number of aromatic nitrogens is 2. The van der Waals surface area contributed by atoms with Crippen molar-refractivity contribution in [3.05, 3.63) is 63.3 Å². The molecule has 8 heteroatoms. The number of halogens is 4. The Labute approximate surface area is 134 Å². The lowest BCUT2D eigenvalue weighted by atomic mass is 10.1. The third-order valence-corrected chi connectivity index (χ3v) is 3.89. The molecular weight excluding hydrogens is 328 g/mol. The Kier molecular flexibility index (Phi) is 4.16. The first-order valence-electron chi connectivity index (χ1n) is 7.38. The van der Waals surface area contributed by atoms with E-state index >= 15 is 0 Å². The van der Waals surface area contributed by atoms with E-state index in [0.717, 1.165) is 31.0 Å². The molecule has 1 aromatic heterocycles. The molecule has 1 aliphatic rings. The van der Waals surface area contributed by atoms with Gasteiger partial charge in [0.25, 0.3) is 5.56 Å². The molecular formula is C16H14F4N2O2. The summed E-state index contributed by atoms with van der Waals surface area (Å²) in [6.07, 6.45) is -4.61. The number of hydrogen-bond donors (Lipinski definition) is 1. The summed E-state index contributed by atoms with van der Waals surface area (Å²) in [7, 11) is 0. The molecule has 1 aromatic carbocycles. The molecule has 1 heterocycles. The maximum absolute atomic E-state index is 13.1. The van der Waals surface area contributed by atoms with Crippen LogP contribution in [-0.4, -0.2) is 14.9 Å². The van der Waals surface area contributed by atoms with Crippen LogP contribution in [0.2, 0.25) is 0 Å². The van der Waals surface area contributed by atoms with Crippen LogP contribution in [0.4, 0.5) is 17.6 Å². The standard InChI is InChI=1S/C16H14F4N2O2/c17-11-5-3-10(4-6-11)14(23)8-22-15(24)12(16(18,19)20)7-13(21-22)9-1-2-9/h3-7,9,14,23H,1-2,8H2/t14-/m1/s1. The fraction of sp³-hybridized carbons (Fsp3) is 0.375. The number of rotatable bonds is 4. The fourth-order valence-electron chi connectivity index (χ4n) is 2.42. The summed E-state index contributed by atoms with van der Waals surface area (Å²) in [6.45, 7) is -0.436. The molecule has 0 unspecified atom stereocenters. The van der Waals surface area contributed by atoms with Crippen LogP contribution in [0.3, 0.4) is 0 Å². The van der Waals surface area contributed by atoms with E-state index in [0.29, 0.717) is 4.68 Å². The van der Waals surface area contributed by atoms with Crippen molar-refractivity contribution in [2.45, 2.75) is 37.6 Å². The van der Waals surface area contributed by atoms with Gasteiger partial charge in [0.1, 0.15) is 11.4 Å². The largest absolute Gasteiger partial charge is 0.421 e. The summed E-state index contributed by atoms with van der Waals surface area (Å²) in [5, 5.41) is 14.1. The lowest BCUT2D eigenvalue weighted by Gasteiger charge is -2.15. The number of aliphatic hydroxyl groups excluding tert-OH is 1. The monoisotopic (exact) mass is 342 g/mol. The maximum Gasteiger partial charge on any atom is 0.421 e. The third kappa shape index (κ3) is 3.48. The number of nitrogens with zero attached hydrogens (tertiary/aromatic N) is 2. The molecule has 0 spiro atoms. The molecule has 0 radical (unpaired) electrons. The SMILES string of the molecule is O=c1c(C(F)(F)F)cc(C2CC2)nn1C[C@@H](O)c1ccc(F)cc1. The molecule has 1 aliphatic carbocycles. The average Bonchev–Trinajstić information content (AvgIpc) is 3.33. The van der Waals surface area contributed by atoms with Gasteiger partial charge in [-0.1, -0.05) is 12.1 Å². The first-order chi connectivity index (χ1) is 11.3. The Hall–Kier alpha value is -2.22. The second kappa shape index (κ2) is 6.01. The lowest BCUT2D eigenvalue weighted by molar-refractivity contribution is -0.139. The van der Waals surface area contributed by atoms with E-state index in [-0.39, 0.29) is 17.2 Å². The first-order valence-corrected chi connectivity index (χ1v) is 7.38. The van der Waals surface area contributed by atoms with Gasteiger partial charge in [-0.2, -0.15) is 18.3 Å². The highest BCUT2D eigenvalue weighted by Gasteiger charge is 2.37. The van der Waals surface area contributed by atoms with Crippen molar-refractivity contribution in [1.29, 1.82) is 0 Å². The molecule has 3 rings (SSSR count). The Morgan fingerprint density at radius 1 is 1.25 bits per heavy atom. The minimum Gasteiger partial charge on any atom is -0.386 e. The van der Waals surface area contributed by atoms with Gasteiger partial charge in [-0.05, 0) is 36.6 Å². The lowest BCUT2D eigenvalue weighted by Crippen LogP contribution is -2.33. The van der Waals surface area contributed by atoms with Crippen molar-refractivity contribution in [2.75, 3.05) is 0 Å². The van der Waals surface area contributed by atoms with E-state index in [1.807, 2.05) is 0 Å². The Morgan fingerprint density at radius 3 is 2.42 bits per heavy atom. The van der Waals surface area contributed by atoms with E-state index in [1.54, 1.807) is 0 Å². The van der Waals surface area contributed by atoms with Gasteiger partial charge in [0.05, 0.1) is 18.3 Å². The van der Waals surface area contributed by atoms with Gasteiger partial charge in [0, 0.05) is 5.92 Å². The summed E-state index contributed by atoms with van der Waals surface area (Å²) < 4.78 is 52.7. The molecule has 2 aromatic rings. The highest BCUT2D eigenvalue weighted by molar-refractivity contribution is 5.23. The normalized spacial score (nSPS) is 16.2. The Morgan fingerprint density at radius 2 is 1.88 bits per heavy atom. The second-order valence-corrected chi connectivity index (χ2v) is 5.81. The van der Waals surface area contributed by atoms with E-state index in [2.05, 4.69) is 5.10 Å². The van der Waals surface area contributed by atoms with Gasteiger partial charge in [0.2, 0.25) is 0 Å². The Bertz CT molecular complexity index is 795. The topological polar surface area (TPSA) is 55.1 Å².